The van der Waals surface area contributed by atoms with Crippen LogP contribution in [0.1, 0.15) is 38.2 Å². The molecule has 1 saturated heterocycles. The molecule has 1 amide bonds. The SMILES string of the molecule is CC1CCCCCN1C(=O)C(CN)Cc1ccccc1. The highest BCUT2D eigenvalue weighted by molar-refractivity contribution is 5.79. The predicted molar refractivity (Wildman–Crippen MR) is 82.3 cm³/mol. The lowest BCUT2D eigenvalue weighted by Crippen LogP contribution is -2.44. The van der Waals surface area contributed by atoms with Crippen LogP contribution in [-0.2, 0) is 11.2 Å². The van der Waals surface area contributed by atoms with E-state index in [0.717, 1.165) is 25.8 Å². The van der Waals surface area contributed by atoms with Gasteiger partial charge in [0.25, 0.3) is 0 Å². The largest absolute Gasteiger partial charge is 0.340 e. The van der Waals surface area contributed by atoms with Crippen LogP contribution < -0.4 is 5.73 Å². The fourth-order valence-electron chi connectivity index (χ4n) is 3.01. The van der Waals surface area contributed by atoms with Crippen LogP contribution >= 0.6 is 0 Å². The molecule has 20 heavy (non-hydrogen) atoms. The Hall–Kier alpha value is -1.35. The summed E-state index contributed by atoms with van der Waals surface area (Å²) in [7, 11) is 0. The molecular formula is C17H26N2O. The minimum absolute atomic E-state index is 0.0852. The topological polar surface area (TPSA) is 46.3 Å². The molecule has 1 aromatic carbocycles. The Morgan fingerprint density at radius 3 is 2.75 bits per heavy atom. The average Bonchev–Trinajstić information content (AvgIpc) is 2.70. The molecule has 1 aliphatic rings. The Bertz CT molecular complexity index is 418. The molecule has 0 spiro atoms. The maximum Gasteiger partial charge on any atom is 0.227 e. The minimum Gasteiger partial charge on any atom is -0.340 e. The van der Waals surface area contributed by atoms with Crippen LogP contribution in [0.5, 0.6) is 0 Å². The Labute approximate surface area is 122 Å². The van der Waals surface area contributed by atoms with Crippen LogP contribution in [0, 0.1) is 5.92 Å². The third kappa shape index (κ3) is 3.83. The van der Waals surface area contributed by atoms with Gasteiger partial charge in [-0.25, -0.2) is 0 Å². The van der Waals surface area contributed by atoms with E-state index < -0.39 is 0 Å². The van der Waals surface area contributed by atoms with Crippen molar-refractivity contribution in [3.63, 3.8) is 0 Å². The van der Waals surface area contributed by atoms with Gasteiger partial charge in [-0.15, -0.1) is 0 Å². The van der Waals surface area contributed by atoms with Gasteiger partial charge in [0.1, 0.15) is 0 Å². The summed E-state index contributed by atoms with van der Waals surface area (Å²) in [4.78, 5) is 14.8. The molecule has 3 nitrogen and oxygen atoms in total. The van der Waals surface area contributed by atoms with Crippen LogP contribution in [0.2, 0.25) is 0 Å². The second kappa shape index (κ2) is 7.44. The van der Waals surface area contributed by atoms with Gasteiger partial charge in [0.15, 0.2) is 0 Å². The summed E-state index contributed by atoms with van der Waals surface area (Å²) < 4.78 is 0. The first-order valence-corrected chi connectivity index (χ1v) is 7.77. The van der Waals surface area contributed by atoms with E-state index in [1.165, 1.54) is 18.4 Å². The van der Waals surface area contributed by atoms with Gasteiger partial charge in [-0.1, -0.05) is 43.2 Å². The van der Waals surface area contributed by atoms with Crippen molar-refractivity contribution in [1.82, 2.24) is 4.90 Å². The van der Waals surface area contributed by atoms with E-state index in [4.69, 9.17) is 5.73 Å². The lowest BCUT2D eigenvalue weighted by Gasteiger charge is -2.30. The van der Waals surface area contributed by atoms with Crippen molar-refractivity contribution >= 4 is 5.91 Å². The summed E-state index contributed by atoms with van der Waals surface area (Å²) in [6.07, 6.45) is 5.46. The lowest BCUT2D eigenvalue weighted by atomic mass is 9.97. The number of nitrogens with zero attached hydrogens (tertiary/aromatic N) is 1. The van der Waals surface area contributed by atoms with Crippen molar-refractivity contribution in [3.05, 3.63) is 35.9 Å². The van der Waals surface area contributed by atoms with Gasteiger partial charge in [0, 0.05) is 19.1 Å². The number of amides is 1. The zero-order valence-electron chi connectivity index (χ0n) is 12.4. The molecule has 0 saturated carbocycles. The molecular weight excluding hydrogens is 248 g/mol. The average molecular weight is 274 g/mol. The molecule has 3 heteroatoms. The van der Waals surface area contributed by atoms with Gasteiger partial charge in [-0.3, -0.25) is 4.79 Å². The van der Waals surface area contributed by atoms with Crippen LogP contribution in [0.15, 0.2) is 30.3 Å². The molecule has 0 aliphatic carbocycles. The molecule has 2 unspecified atom stereocenters. The fraction of sp³-hybridized carbons (Fsp3) is 0.588. The first-order chi connectivity index (χ1) is 9.72. The number of hydrogen-bond acceptors (Lipinski definition) is 2. The van der Waals surface area contributed by atoms with E-state index >= 15 is 0 Å². The summed E-state index contributed by atoms with van der Waals surface area (Å²) in [5.74, 6) is 0.156. The Kier molecular flexibility index (Phi) is 5.60. The number of carbonyl (C=O) groups excluding carboxylic acids is 1. The minimum atomic E-state index is -0.0852. The smallest absolute Gasteiger partial charge is 0.227 e. The van der Waals surface area contributed by atoms with E-state index in [9.17, 15) is 4.79 Å². The van der Waals surface area contributed by atoms with Crippen LogP contribution in [0.3, 0.4) is 0 Å². The van der Waals surface area contributed by atoms with Crippen LogP contribution in [-0.4, -0.2) is 29.9 Å². The predicted octanol–water partition coefficient (Wildman–Crippen LogP) is 2.60. The van der Waals surface area contributed by atoms with E-state index in [0.29, 0.717) is 12.6 Å². The Balaban J connectivity index is 2.04. The maximum atomic E-state index is 12.7. The molecule has 2 atom stereocenters. The van der Waals surface area contributed by atoms with Gasteiger partial charge in [-0.2, -0.15) is 0 Å². The third-order valence-corrected chi connectivity index (χ3v) is 4.29. The van der Waals surface area contributed by atoms with Crippen molar-refractivity contribution in [1.29, 1.82) is 0 Å². The van der Waals surface area contributed by atoms with Gasteiger partial charge in [0.2, 0.25) is 5.91 Å². The fourth-order valence-corrected chi connectivity index (χ4v) is 3.01. The zero-order valence-corrected chi connectivity index (χ0v) is 12.4. The molecule has 0 aromatic heterocycles. The highest BCUT2D eigenvalue weighted by atomic mass is 16.2. The third-order valence-electron chi connectivity index (χ3n) is 4.29. The van der Waals surface area contributed by atoms with Crippen molar-refractivity contribution in [3.8, 4) is 0 Å². The number of likely N-dealkylation sites (tertiary alicyclic amines) is 1. The first kappa shape index (κ1) is 15.0. The van der Waals surface area contributed by atoms with Crippen LogP contribution in [0.25, 0.3) is 0 Å². The maximum absolute atomic E-state index is 12.7. The normalized spacial score (nSPS) is 21.3. The highest BCUT2D eigenvalue weighted by Gasteiger charge is 2.27. The molecule has 1 heterocycles. The summed E-state index contributed by atoms with van der Waals surface area (Å²) in [6.45, 7) is 3.49. The Morgan fingerprint density at radius 2 is 2.05 bits per heavy atom. The van der Waals surface area contributed by atoms with Crippen molar-refractivity contribution in [2.24, 2.45) is 11.7 Å². The summed E-state index contributed by atoms with van der Waals surface area (Å²) in [5, 5.41) is 0. The second-order valence-electron chi connectivity index (χ2n) is 5.85. The van der Waals surface area contributed by atoms with E-state index in [2.05, 4.69) is 24.0 Å². The number of hydrogen-bond donors (Lipinski definition) is 1. The Morgan fingerprint density at radius 1 is 1.30 bits per heavy atom. The molecule has 110 valence electrons. The van der Waals surface area contributed by atoms with Gasteiger partial charge in [-0.05, 0) is 31.7 Å². The molecule has 2 N–H and O–H groups in total. The molecule has 0 radical (unpaired) electrons. The van der Waals surface area contributed by atoms with Crippen molar-refractivity contribution < 1.29 is 4.79 Å². The van der Waals surface area contributed by atoms with E-state index in [1.807, 2.05) is 18.2 Å². The van der Waals surface area contributed by atoms with Gasteiger partial charge in [0.05, 0.1) is 5.92 Å². The van der Waals surface area contributed by atoms with E-state index in [1.54, 1.807) is 0 Å². The number of rotatable bonds is 4. The molecule has 2 rings (SSSR count). The zero-order chi connectivity index (χ0) is 14.4. The van der Waals surface area contributed by atoms with Crippen molar-refractivity contribution in [2.45, 2.75) is 45.1 Å². The van der Waals surface area contributed by atoms with Gasteiger partial charge < -0.3 is 10.6 Å². The van der Waals surface area contributed by atoms with Crippen LogP contribution in [0.4, 0.5) is 0 Å². The quantitative estimate of drug-likeness (QED) is 0.917. The summed E-state index contributed by atoms with van der Waals surface area (Å²) in [5.41, 5.74) is 7.06. The van der Waals surface area contributed by atoms with E-state index in [-0.39, 0.29) is 11.8 Å². The first-order valence-electron chi connectivity index (χ1n) is 7.77. The molecule has 1 aromatic rings. The molecule has 1 fully saturated rings. The van der Waals surface area contributed by atoms with Gasteiger partial charge >= 0.3 is 0 Å². The monoisotopic (exact) mass is 274 g/mol. The van der Waals surface area contributed by atoms with Crippen molar-refractivity contribution in [2.75, 3.05) is 13.1 Å². The standard InChI is InChI=1S/C17H26N2O/c1-14-8-4-3-7-11-19(14)17(20)16(13-18)12-15-9-5-2-6-10-15/h2,5-6,9-10,14,16H,3-4,7-8,11-13,18H2,1H3. The summed E-state index contributed by atoms with van der Waals surface area (Å²) >= 11 is 0. The number of nitrogens with two attached hydrogens (primary N) is 1. The lowest BCUT2D eigenvalue weighted by molar-refractivity contribution is -0.137. The summed E-state index contributed by atoms with van der Waals surface area (Å²) in [6, 6.07) is 10.5. The molecule has 0 bridgehead atoms. The second-order valence-corrected chi connectivity index (χ2v) is 5.85. The number of benzene rings is 1. The highest BCUT2D eigenvalue weighted by Crippen LogP contribution is 2.20. The molecule has 1 aliphatic heterocycles. The number of carbonyl (C=O) groups is 1.